The van der Waals surface area contributed by atoms with Gasteiger partial charge in [-0.2, -0.15) is 5.26 Å². The quantitative estimate of drug-likeness (QED) is 0.548. The highest BCUT2D eigenvalue weighted by Crippen LogP contribution is 2.51. The average molecular weight is 451 g/mol. The Kier molecular flexibility index (Phi) is 7.76. The van der Waals surface area contributed by atoms with E-state index >= 15 is 0 Å². The minimum Gasteiger partial charge on any atom is -0.321 e. The fourth-order valence-electron chi connectivity index (χ4n) is 2.52. The zero-order chi connectivity index (χ0) is 19.9. The third-order valence-electron chi connectivity index (χ3n) is 3.63. The molecule has 0 saturated heterocycles. The van der Waals surface area contributed by atoms with Crippen LogP contribution in [0, 0.1) is 11.3 Å². The Labute approximate surface area is 167 Å². The number of halogens is 1. The number of hydrogen-bond acceptors (Lipinski definition) is 5. The van der Waals surface area contributed by atoms with Gasteiger partial charge in [0, 0.05) is 10.0 Å². The van der Waals surface area contributed by atoms with E-state index in [1.165, 1.54) is 0 Å². The van der Waals surface area contributed by atoms with Crippen LogP contribution >= 0.6 is 23.5 Å². The van der Waals surface area contributed by atoms with Gasteiger partial charge in [0.05, 0.1) is 30.6 Å². The molecule has 0 fully saturated rings. The predicted molar refractivity (Wildman–Crippen MR) is 108 cm³/mol. The summed E-state index contributed by atoms with van der Waals surface area (Å²) in [6.45, 7) is 3.97. The Morgan fingerprint density at radius 3 is 2.48 bits per heavy atom. The Hall–Kier alpha value is -1.97. The lowest BCUT2D eigenvalue weighted by molar-refractivity contribution is 0.102. The van der Waals surface area contributed by atoms with E-state index < -0.39 is 13.5 Å². The molecule has 0 bridgehead atoms. The molecule has 0 saturated carbocycles. The average Bonchev–Trinajstić information content (AvgIpc) is 2.63. The van der Waals surface area contributed by atoms with Crippen molar-refractivity contribution in [1.82, 2.24) is 0 Å². The van der Waals surface area contributed by atoms with Crippen LogP contribution in [0.3, 0.4) is 0 Å². The van der Waals surface area contributed by atoms with Crippen molar-refractivity contribution in [2.24, 2.45) is 0 Å². The second kappa shape index (κ2) is 9.82. The van der Waals surface area contributed by atoms with Crippen molar-refractivity contribution in [3.05, 3.63) is 63.6 Å². The van der Waals surface area contributed by atoms with Gasteiger partial charge in [0.25, 0.3) is 5.91 Å². The molecule has 8 heteroatoms. The summed E-state index contributed by atoms with van der Waals surface area (Å²) in [4.78, 5) is 12.8. The molecule has 1 N–H and O–H groups in total. The van der Waals surface area contributed by atoms with E-state index in [9.17, 15) is 14.6 Å². The summed E-state index contributed by atoms with van der Waals surface area (Å²) >= 11 is 3.30. The number of anilines is 1. The van der Waals surface area contributed by atoms with Crippen LogP contribution in [0.5, 0.6) is 0 Å². The Morgan fingerprint density at radius 2 is 1.85 bits per heavy atom. The van der Waals surface area contributed by atoms with Gasteiger partial charge in [-0.25, -0.2) is 0 Å². The van der Waals surface area contributed by atoms with E-state index in [-0.39, 0.29) is 19.4 Å². The molecule has 27 heavy (non-hydrogen) atoms. The van der Waals surface area contributed by atoms with Crippen LogP contribution in [0.15, 0.2) is 46.9 Å². The summed E-state index contributed by atoms with van der Waals surface area (Å²) in [6, 6.07) is 13.9. The van der Waals surface area contributed by atoms with Gasteiger partial charge in [-0.05, 0) is 43.7 Å². The molecule has 2 rings (SSSR count). The molecule has 6 nitrogen and oxygen atoms in total. The van der Waals surface area contributed by atoms with Crippen molar-refractivity contribution < 1.29 is 18.4 Å². The molecule has 2 aromatic rings. The summed E-state index contributed by atoms with van der Waals surface area (Å²) in [5, 5.41) is 12.0. The monoisotopic (exact) mass is 450 g/mol. The largest absolute Gasteiger partial charge is 0.335 e. The van der Waals surface area contributed by atoms with Crippen LogP contribution < -0.4 is 5.32 Å². The number of carbonyl (C=O) groups is 1. The molecular weight excluding hydrogens is 431 g/mol. The molecule has 0 unspecified atom stereocenters. The standard InChI is InChI=1S/C19H20BrN2O4P/c1-3-25-27(24,26-4-2)13-14-7-5-6-8-17(14)19(23)22-18-10-9-16(20)11-15(18)12-21/h5-11H,3-4,13H2,1-2H3,(H,22,23). The number of carbonyl (C=O) groups excluding carboxylic acids is 1. The van der Waals surface area contributed by atoms with Gasteiger partial charge in [-0.1, -0.05) is 34.1 Å². The fraction of sp³-hybridized carbons (Fsp3) is 0.263. The smallest absolute Gasteiger partial charge is 0.321 e. The molecular formula is C19H20BrN2O4P. The molecule has 0 aliphatic carbocycles. The van der Waals surface area contributed by atoms with Crippen molar-refractivity contribution in [3.63, 3.8) is 0 Å². The first-order valence-electron chi connectivity index (χ1n) is 8.39. The minimum atomic E-state index is -3.35. The predicted octanol–water partition coefficient (Wildman–Crippen LogP) is 5.34. The van der Waals surface area contributed by atoms with E-state index in [1.54, 1.807) is 56.3 Å². The number of nitrogens with zero attached hydrogens (tertiary/aromatic N) is 1. The number of nitrogens with one attached hydrogen (secondary N) is 1. The SMILES string of the molecule is CCOP(=O)(Cc1ccccc1C(=O)Nc1ccc(Br)cc1C#N)OCC. The Balaban J connectivity index is 2.31. The van der Waals surface area contributed by atoms with E-state index in [1.807, 2.05) is 0 Å². The minimum absolute atomic E-state index is 0.0102. The molecule has 0 aromatic heterocycles. The molecule has 0 aliphatic heterocycles. The molecule has 142 valence electrons. The highest BCUT2D eigenvalue weighted by molar-refractivity contribution is 9.10. The molecule has 0 heterocycles. The van der Waals surface area contributed by atoms with Gasteiger partial charge in [0.1, 0.15) is 6.07 Å². The Morgan fingerprint density at radius 1 is 1.19 bits per heavy atom. The van der Waals surface area contributed by atoms with E-state index in [2.05, 4.69) is 27.3 Å². The van der Waals surface area contributed by atoms with E-state index in [0.717, 1.165) is 4.47 Å². The molecule has 1 amide bonds. The molecule has 0 radical (unpaired) electrons. The zero-order valence-corrected chi connectivity index (χ0v) is 17.5. The van der Waals surface area contributed by atoms with Crippen molar-refractivity contribution in [2.75, 3.05) is 18.5 Å². The van der Waals surface area contributed by atoms with Gasteiger partial charge in [-0.15, -0.1) is 0 Å². The maximum Gasteiger partial charge on any atom is 0.335 e. The molecule has 2 aromatic carbocycles. The van der Waals surface area contributed by atoms with E-state index in [4.69, 9.17) is 9.05 Å². The molecule has 0 aliphatic rings. The highest BCUT2D eigenvalue weighted by Gasteiger charge is 2.26. The number of nitriles is 1. The van der Waals surface area contributed by atoms with Crippen molar-refractivity contribution >= 4 is 35.1 Å². The number of hydrogen-bond donors (Lipinski definition) is 1. The fourth-order valence-corrected chi connectivity index (χ4v) is 4.62. The first-order valence-corrected chi connectivity index (χ1v) is 10.9. The third kappa shape index (κ3) is 5.75. The van der Waals surface area contributed by atoms with Gasteiger partial charge >= 0.3 is 7.60 Å². The maximum atomic E-state index is 12.8. The number of benzene rings is 2. The normalized spacial score (nSPS) is 11.0. The topological polar surface area (TPSA) is 88.4 Å². The third-order valence-corrected chi connectivity index (χ3v) is 6.15. The first kappa shape index (κ1) is 21.3. The summed E-state index contributed by atoms with van der Waals surface area (Å²) in [5.41, 5.74) is 1.64. The van der Waals surface area contributed by atoms with Crippen molar-refractivity contribution in [2.45, 2.75) is 20.0 Å². The lowest BCUT2D eigenvalue weighted by atomic mass is 10.1. The van der Waals surface area contributed by atoms with Crippen LogP contribution in [0.1, 0.15) is 35.3 Å². The second-order valence-corrected chi connectivity index (χ2v) is 8.49. The van der Waals surface area contributed by atoms with Crippen molar-refractivity contribution in [3.8, 4) is 6.07 Å². The van der Waals surface area contributed by atoms with Crippen LogP contribution in [0.4, 0.5) is 5.69 Å². The lowest BCUT2D eigenvalue weighted by Gasteiger charge is -2.18. The second-order valence-electron chi connectivity index (χ2n) is 5.52. The Bertz CT molecular complexity index is 901. The molecule has 0 atom stereocenters. The van der Waals surface area contributed by atoms with Crippen molar-refractivity contribution in [1.29, 1.82) is 5.26 Å². The van der Waals surface area contributed by atoms with Gasteiger partial charge in [0.2, 0.25) is 0 Å². The van der Waals surface area contributed by atoms with Gasteiger partial charge in [-0.3, -0.25) is 9.36 Å². The van der Waals surface area contributed by atoms with Crippen LogP contribution in [-0.2, 0) is 19.8 Å². The zero-order valence-electron chi connectivity index (χ0n) is 15.1. The molecule has 0 spiro atoms. The van der Waals surface area contributed by atoms with Crippen LogP contribution in [-0.4, -0.2) is 19.1 Å². The van der Waals surface area contributed by atoms with Gasteiger partial charge in [0.15, 0.2) is 0 Å². The first-order chi connectivity index (χ1) is 12.9. The van der Waals surface area contributed by atoms with Crippen LogP contribution in [0.2, 0.25) is 0 Å². The summed E-state index contributed by atoms with van der Waals surface area (Å²) in [5.74, 6) is -0.399. The lowest BCUT2D eigenvalue weighted by Crippen LogP contribution is -2.15. The summed E-state index contributed by atoms with van der Waals surface area (Å²) in [7, 11) is -3.35. The van der Waals surface area contributed by atoms with Gasteiger partial charge < -0.3 is 14.4 Å². The highest BCUT2D eigenvalue weighted by atomic mass is 79.9. The summed E-state index contributed by atoms with van der Waals surface area (Å²) < 4.78 is 24.2. The van der Waals surface area contributed by atoms with E-state index in [0.29, 0.717) is 22.4 Å². The summed E-state index contributed by atoms with van der Waals surface area (Å²) in [6.07, 6.45) is -0.0102. The number of rotatable bonds is 8. The number of amides is 1. The van der Waals surface area contributed by atoms with Crippen LogP contribution in [0.25, 0.3) is 0 Å². The maximum absolute atomic E-state index is 12.8.